The Hall–Kier alpha value is -4.18. The summed E-state index contributed by atoms with van der Waals surface area (Å²) in [6.07, 6.45) is 3.50. The smallest absolute Gasteiger partial charge is 0.280 e. The first-order valence-corrected chi connectivity index (χ1v) is 12.1. The number of aliphatic imine (C=N–C) groups is 2. The van der Waals surface area contributed by atoms with Gasteiger partial charge in [-0.05, 0) is 37.5 Å². The summed E-state index contributed by atoms with van der Waals surface area (Å²) in [5.41, 5.74) is 33.6. The molecule has 2 aromatic rings. The summed E-state index contributed by atoms with van der Waals surface area (Å²) in [7, 11) is 0. The minimum absolute atomic E-state index is 0.0768. The molecule has 0 aromatic carbocycles. The number of nitrogen functional groups attached to an aromatic ring is 4. The van der Waals surface area contributed by atoms with E-state index in [4.69, 9.17) is 57.6 Å². The van der Waals surface area contributed by atoms with Gasteiger partial charge in [-0.25, -0.2) is 19.9 Å². The standard InChI is InChI=1S/C20H28Cl2N14O2/c21-11-15(25)33-13(23)9(31-11)17(37)35-19(27)29-5-7-1-2-8(4-3-7)6-30-20(28)36-18(38)10-14(24)34-16(26)12(22)32-10/h7-8H,1-6H2,(H4,23,25,33)(H4,24,26,34)(H3,27,29,35,37)(H3,28,30,36,38). The van der Waals surface area contributed by atoms with Crippen molar-refractivity contribution in [1.29, 1.82) is 0 Å². The van der Waals surface area contributed by atoms with E-state index in [1.165, 1.54) is 0 Å². The zero-order chi connectivity index (χ0) is 28.0. The fourth-order valence-corrected chi connectivity index (χ4v) is 3.95. The summed E-state index contributed by atoms with van der Waals surface area (Å²) >= 11 is 11.6. The maximum Gasteiger partial charge on any atom is 0.280 e. The number of aromatic nitrogens is 4. The number of carbonyl (C=O) groups is 2. The second-order valence-corrected chi connectivity index (χ2v) is 9.23. The van der Waals surface area contributed by atoms with Crippen molar-refractivity contribution in [2.24, 2.45) is 33.3 Å². The van der Waals surface area contributed by atoms with E-state index >= 15 is 0 Å². The van der Waals surface area contributed by atoms with E-state index in [1.54, 1.807) is 0 Å². The van der Waals surface area contributed by atoms with Gasteiger partial charge in [0.15, 0.2) is 56.9 Å². The Bertz CT molecular complexity index is 1180. The van der Waals surface area contributed by atoms with Gasteiger partial charge in [0, 0.05) is 13.1 Å². The van der Waals surface area contributed by atoms with Gasteiger partial charge in [-0.3, -0.25) is 30.2 Å². The van der Waals surface area contributed by atoms with Crippen molar-refractivity contribution in [3.8, 4) is 0 Å². The highest BCUT2D eigenvalue weighted by Gasteiger charge is 2.22. The molecule has 0 atom stereocenters. The Morgan fingerprint density at radius 1 is 0.684 bits per heavy atom. The molecule has 204 valence electrons. The maximum absolute atomic E-state index is 12.3. The SMILES string of the molecule is NC(=NCC1CCC(CN=C(N)NC(=O)c2nc(Cl)c(N)nc2N)CC1)NC(=O)c1nc(Cl)c(N)nc1N. The van der Waals surface area contributed by atoms with Crippen molar-refractivity contribution in [3.05, 3.63) is 21.7 Å². The molecular weight excluding hydrogens is 539 g/mol. The van der Waals surface area contributed by atoms with Crippen LogP contribution in [0.5, 0.6) is 0 Å². The number of amides is 2. The third-order valence-corrected chi connectivity index (χ3v) is 6.29. The van der Waals surface area contributed by atoms with Crippen LogP contribution in [0.2, 0.25) is 10.3 Å². The molecule has 16 nitrogen and oxygen atoms in total. The molecule has 2 heterocycles. The van der Waals surface area contributed by atoms with Gasteiger partial charge < -0.3 is 34.4 Å². The highest BCUT2D eigenvalue weighted by Crippen LogP contribution is 2.29. The number of nitrogens with two attached hydrogens (primary N) is 6. The Kier molecular flexibility index (Phi) is 9.25. The number of halogens is 2. The summed E-state index contributed by atoms with van der Waals surface area (Å²) in [5.74, 6) is -1.52. The molecule has 0 spiro atoms. The van der Waals surface area contributed by atoms with Gasteiger partial charge in [0.2, 0.25) is 0 Å². The minimum atomic E-state index is -0.696. The fourth-order valence-electron chi connectivity index (χ4n) is 3.70. The topological polar surface area (TPSA) is 291 Å². The normalized spacial score (nSPS) is 18.2. The lowest BCUT2D eigenvalue weighted by atomic mass is 9.82. The number of hydrogen-bond donors (Lipinski definition) is 8. The van der Waals surface area contributed by atoms with Crippen molar-refractivity contribution in [1.82, 2.24) is 30.6 Å². The largest absolute Gasteiger partial charge is 0.382 e. The molecule has 1 aliphatic carbocycles. The molecule has 14 N–H and O–H groups in total. The first-order chi connectivity index (χ1) is 17.9. The molecule has 2 aromatic heterocycles. The summed E-state index contributed by atoms with van der Waals surface area (Å²) in [4.78, 5) is 48.3. The van der Waals surface area contributed by atoms with Gasteiger partial charge >= 0.3 is 0 Å². The van der Waals surface area contributed by atoms with Crippen LogP contribution < -0.4 is 45.0 Å². The quantitative estimate of drug-likeness (QED) is 0.162. The summed E-state index contributed by atoms with van der Waals surface area (Å²) in [6.45, 7) is 0.854. The second kappa shape index (κ2) is 12.4. The van der Waals surface area contributed by atoms with Crippen molar-refractivity contribution in [2.75, 3.05) is 36.0 Å². The molecule has 0 unspecified atom stereocenters. The summed E-state index contributed by atoms with van der Waals surface area (Å²) in [6, 6.07) is 0. The number of nitrogens with zero attached hydrogens (tertiary/aromatic N) is 6. The van der Waals surface area contributed by atoms with Crippen LogP contribution in [0.15, 0.2) is 9.98 Å². The lowest BCUT2D eigenvalue weighted by molar-refractivity contribution is 0.0963. The highest BCUT2D eigenvalue weighted by atomic mass is 35.5. The molecule has 0 saturated heterocycles. The molecule has 0 aliphatic heterocycles. The molecule has 2 amide bonds. The van der Waals surface area contributed by atoms with Crippen LogP contribution in [-0.2, 0) is 0 Å². The van der Waals surface area contributed by atoms with Gasteiger partial charge in [0.05, 0.1) is 0 Å². The molecule has 18 heteroatoms. The van der Waals surface area contributed by atoms with Crippen molar-refractivity contribution in [2.45, 2.75) is 25.7 Å². The monoisotopic (exact) mass is 566 g/mol. The van der Waals surface area contributed by atoms with E-state index in [-0.39, 0.29) is 68.7 Å². The summed E-state index contributed by atoms with van der Waals surface area (Å²) < 4.78 is 0. The second-order valence-electron chi connectivity index (χ2n) is 8.51. The van der Waals surface area contributed by atoms with E-state index in [1.807, 2.05) is 0 Å². The van der Waals surface area contributed by atoms with Gasteiger partial charge in [0.1, 0.15) is 0 Å². The molecule has 0 bridgehead atoms. The van der Waals surface area contributed by atoms with Crippen LogP contribution in [0.25, 0.3) is 0 Å². The zero-order valence-electron chi connectivity index (χ0n) is 20.1. The number of hydrogen-bond acceptors (Lipinski definition) is 12. The Balaban J connectivity index is 1.44. The lowest BCUT2D eigenvalue weighted by Crippen LogP contribution is -2.38. The number of rotatable bonds is 6. The van der Waals surface area contributed by atoms with Crippen LogP contribution in [-0.4, -0.2) is 56.8 Å². The summed E-state index contributed by atoms with van der Waals surface area (Å²) in [5, 5.41) is 4.54. The first kappa shape index (κ1) is 28.4. The first-order valence-electron chi connectivity index (χ1n) is 11.3. The van der Waals surface area contributed by atoms with E-state index < -0.39 is 11.8 Å². The number of nitrogens with one attached hydrogen (secondary N) is 2. The zero-order valence-corrected chi connectivity index (χ0v) is 21.6. The van der Waals surface area contributed by atoms with Crippen LogP contribution in [0.3, 0.4) is 0 Å². The van der Waals surface area contributed by atoms with Gasteiger partial charge in [-0.15, -0.1) is 0 Å². The average molecular weight is 567 g/mol. The van der Waals surface area contributed by atoms with Crippen LogP contribution in [0.1, 0.15) is 46.7 Å². The van der Waals surface area contributed by atoms with Crippen LogP contribution in [0.4, 0.5) is 23.3 Å². The van der Waals surface area contributed by atoms with Gasteiger partial charge in [0.25, 0.3) is 11.8 Å². The number of anilines is 4. The van der Waals surface area contributed by atoms with Crippen LogP contribution in [0, 0.1) is 11.8 Å². The third kappa shape index (κ3) is 7.42. The maximum atomic E-state index is 12.3. The van der Waals surface area contributed by atoms with E-state index in [0.29, 0.717) is 13.1 Å². The van der Waals surface area contributed by atoms with Crippen molar-refractivity contribution in [3.63, 3.8) is 0 Å². The number of carbonyl (C=O) groups excluding carboxylic acids is 2. The molecular formula is C20H28Cl2N14O2. The average Bonchev–Trinajstić information content (AvgIpc) is 2.86. The van der Waals surface area contributed by atoms with Crippen LogP contribution >= 0.6 is 23.2 Å². The highest BCUT2D eigenvalue weighted by molar-refractivity contribution is 6.32. The predicted octanol–water partition coefficient (Wildman–Crippen LogP) is -0.502. The van der Waals surface area contributed by atoms with E-state index in [0.717, 1.165) is 25.7 Å². The molecule has 1 fully saturated rings. The number of guanidine groups is 2. The van der Waals surface area contributed by atoms with Crippen molar-refractivity contribution < 1.29 is 9.59 Å². The van der Waals surface area contributed by atoms with Gasteiger partial charge in [-0.1, -0.05) is 23.2 Å². The lowest BCUT2D eigenvalue weighted by Gasteiger charge is -2.26. The Morgan fingerprint density at radius 3 is 1.37 bits per heavy atom. The van der Waals surface area contributed by atoms with E-state index in [9.17, 15) is 9.59 Å². The minimum Gasteiger partial charge on any atom is -0.382 e. The molecule has 0 radical (unpaired) electrons. The third-order valence-electron chi connectivity index (χ3n) is 5.73. The molecule has 3 rings (SSSR count). The fraction of sp³-hybridized carbons (Fsp3) is 0.400. The Labute approximate surface area is 227 Å². The van der Waals surface area contributed by atoms with E-state index in [2.05, 4.69) is 40.6 Å². The molecule has 38 heavy (non-hydrogen) atoms. The predicted molar refractivity (Wildman–Crippen MR) is 145 cm³/mol. The Morgan fingerprint density at radius 2 is 1.03 bits per heavy atom. The van der Waals surface area contributed by atoms with Gasteiger partial charge in [-0.2, -0.15) is 0 Å². The van der Waals surface area contributed by atoms with Crippen molar-refractivity contribution >= 4 is 70.2 Å². The molecule has 1 saturated carbocycles. The molecule has 1 aliphatic rings.